The van der Waals surface area contributed by atoms with Gasteiger partial charge in [-0.3, -0.25) is 0 Å². The summed E-state index contributed by atoms with van der Waals surface area (Å²) >= 11 is 0. The number of carbonyl (C=O) groups excluding carboxylic acids is 1. The third-order valence-electron chi connectivity index (χ3n) is 4.88. The van der Waals surface area contributed by atoms with Gasteiger partial charge in [0.05, 0.1) is 0 Å². The molecule has 2 N–H and O–H groups in total. The van der Waals surface area contributed by atoms with Gasteiger partial charge < -0.3 is 15.2 Å². The summed E-state index contributed by atoms with van der Waals surface area (Å²) < 4.78 is 5.36. The first kappa shape index (κ1) is 19.3. The predicted octanol–water partition coefficient (Wildman–Crippen LogP) is 3.92. The third kappa shape index (κ3) is 3.92. The third-order valence-corrected chi connectivity index (χ3v) is 4.88. The first-order chi connectivity index (χ1) is 13.5. The second kappa shape index (κ2) is 8.45. The molecule has 1 amide bonds. The summed E-state index contributed by atoms with van der Waals surface area (Å²) in [5.41, 5.74) is 12.7. The zero-order valence-corrected chi connectivity index (χ0v) is 15.3. The Bertz CT molecular complexity index is 894. The fraction of sp³-hybridized carbons (Fsp3) is 0.300. The van der Waals surface area contributed by atoms with E-state index in [1.807, 2.05) is 48.5 Å². The van der Waals surface area contributed by atoms with E-state index in [4.69, 9.17) is 10.3 Å². The molecule has 8 heteroatoms. The molecule has 0 unspecified atom stereocenters. The topological polar surface area (TPSA) is 124 Å². The van der Waals surface area contributed by atoms with E-state index in [1.54, 1.807) is 6.92 Å². The molecule has 0 bridgehead atoms. The summed E-state index contributed by atoms with van der Waals surface area (Å²) in [6.07, 6.45) is -0.818. The lowest BCUT2D eigenvalue weighted by Crippen LogP contribution is -2.46. The van der Waals surface area contributed by atoms with Crippen molar-refractivity contribution in [1.82, 2.24) is 5.32 Å². The normalized spacial score (nSPS) is 14.2. The first-order valence-electron chi connectivity index (χ1n) is 8.88. The van der Waals surface area contributed by atoms with Crippen LogP contribution >= 0.6 is 0 Å². The van der Waals surface area contributed by atoms with Gasteiger partial charge in [-0.2, -0.15) is 0 Å². The number of benzene rings is 2. The van der Waals surface area contributed by atoms with Gasteiger partial charge in [-0.05, 0) is 33.7 Å². The van der Waals surface area contributed by atoms with E-state index in [0.29, 0.717) is 0 Å². The number of azide groups is 1. The van der Waals surface area contributed by atoms with Gasteiger partial charge >= 0.3 is 12.1 Å². The minimum absolute atomic E-state index is 0.0445. The number of fused-ring (bicyclic) bond motifs is 3. The quantitative estimate of drug-likeness (QED) is 0.429. The van der Waals surface area contributed by atoms with Crippen molar-refractivity contribution in [3.8, 4) is 11.1 Å². The largest absolute Gasteiger partial charge is 0.480 e. The van der Waals surface area contributed by atoms with Crippen LogP contribution in [-0.4, -0.2) is 36.4 Å². The maximum Gasteiger partial charge on any atom is 0.407 e. The molecule has 0 saturated heterocycles. The van der Waals surface area contributed by atoms with Crippen LogP contribution in [0.15, 0.2) is 53.6 Å². The SMILES string of the molecule is C[C@H](CN=[N+]=[N-])[C@H](NC(=O)OCC1c2ccccc2-c2ccccc21)C(=O)O. The number of carboxylic acid groups (broad SMARTS) is 1. The van der Waals surface area contributed by atoms with Crippen LogP contribution in [0, 0.1) is 5.92 Å². The highest BCUT2D eigenvalue weighted by atomic mass is 16.5. The van der Waals surface area contributed by atoms with Gasteiger partial charge in [0.2, 0.25) is 0 Å². The molecule has 0 radical (unpaired) electrons. The minimum Gasteiger partial charge on any atom is -0.480 e. The molecule has 0 fully saturated rings. The smallest absolute Gasteiger partial charge is 0.407 e. The highest BCUT2D eigenvalue weighted by Gasteiger charge is 2.30. The van der Waals surface area contributed by atoms with E-state index < -0.39 is 24.0 Å². The number of hydrogen-bond acceptors (Lipinski definition) is 4. The van der Waals surface area contributed by atoms with Gasteiger partial charge in [-0.25, -0.2) is 9.59 Å². The number of ether oxygens (including phenoxy) is 1. The van der Waals surface area contributed by atoms with E-state index in [1.165, 1.54) is 0 Å². The average Bonchev–Trinajstić information content (AvgIpc) is 3.02. The molecule has 0 saturated carbocycles. The number of carboxylic acids is 1. The Hall–Kier alpha value is -3.51. The number of alkyl carbamates (subject to hydrolysis) is 1. The summed E-state index contributed by atoms with van der Waals surface area (Å²) in [5.74, 6) is -1.90. The molecule has 2 aromatic carbocycles. The van der Waals surface area contributed by atoms with Gasteiger partial charge in [-0.1, -0.05) is 60.6 Å². The van der Waals surface area contributed by atoms with E-state index in [2.05, 4.69) is 15.3 Å². The van der Waals surface area contributed by atoms with Gasteiger partial charge in [-0.15, -0.1) is 0 Å². The van der Waals surface area contributed by atoms with Crippen molar-refractivity contribution >= 4 is 12.1 Å². The van der Waals surface area contributed by atoms with Crippen molar-refractivity contribution in [2.75, 3.05) is 13.2 Å². The second-order valence-electron chi connectivity index (χ2n) is 6.68. The van der Waals surface area contributed by atoms with Crippen molar-refractivity contribution in [2.45, 2.75) is 18.9 Å². The summed E-state index contributed by atoms with van der Waals surface area (Å²) in [6, 6.07) is 14.7. The number of rotatable bonds is 7. The molecule has 2 atom stereocenters. The standard InChI is InChI=1S/C20H20N4O4/c1-12(10-22-24-21)18(19(25)26)23-20(27)28-11-17-15-8-4-2-6-13(15)14-7-3-5-9-16(14)17/h2-9,12,17-18H,10-11H2,1H3,(H,23,27)(H,25,26)/t12-,18+/m1/s1. The molecule has 2 aromatic rings. The maximum atomic E-state index is 12.2. The fourth-order valence-corrected chi connectivity index (χ4v) is 3.49. The zero-order valence-electron chi connectivity index (χ0n) is 15.3. The monoisotopic (exact) mass is 380 g/mol. The number of aliphatic carboxylic acids is 1. The van der Waals surface area contributed by atoms with Crippen LogP contribution in [0.5, 0.6) is 0 Å². The summed E-state index contributed by atoms with van der Waals surface area (Å²) in [4.78, 5) is 26.3. The molecule has 0 heterocycles. The lowest BCUT2D eigenvalue weighted by molar-refractivity contribution is -0.140. The van der Waals surface area contributed by atoms with E-state index in [-0.39, 0.29) is 19.1 Å². The Morgan fingerprint density at radius 3 is 2.29 bits per heavy atom. The number of hydrogen-bond donors (Lipinski definition) is 2. The fourth-order valence-electron chi connectivity index (χ4n) is 3.49. The molecule has 144 valence electrons. The molecule has 28 heavy (non-hydrogen) atoms. The van der Waals surface area contributed by atoms with Crippen LogP contribution in [-0.2, 0) is 9.53 Å². The molecule has 0 aromatic heterocycles. The van der Waals surface area contributed by atoms with Crippen LogP contribution < -0.4 is 5.32 Å². The minimum atomic E-state index is -1.21. The highest BCUT2D eigenvalue weighted by Crippen LogP contribution is 2.44. The van der Waals surface area contributed by atoms with Crippen molar-refractivity contribution in [2.24, 2.45) is 11.0 Å². The highest BCUT2D eigenvalue weighted by molar-refractivity contribution is 5.81. The van der Waals surface area contributed by atoms with Crippen molar-refractivity contribution in [3.63, 3.8) is 0 Å². The van der Waals surface area contributed by atoms with Crippen LogP contribution in [0.1, 0.15) is 24.0 Å². The lowest BCUT2D eigenvalue weighted by Gasteiger charge is -2.20. The zero-order chi connectivity index (χ0) is 20.1. The Kier molecular flexibility index (Phi) is 5.81. The second-order valence-corrected chi connectivity index (χ2v) is 6.68. The molecular weight excluding hydrogens is 360 g/mol. The van der Waals surface area contributed by atoms with Crippen molar-refractivity contribution in [3.05, 3.63) is 70.1 Å². The Balaban J connectivity index is 1.69. The van der Waals surface area contributed by atoms with E-state index >= 15 is 0 Å². The molecule has 0 aliphatic heterocycles. The van der Waals surface area contributed by atoms with Gasteiger partial charge in [0.15, 0.2) is 0 Å². The number of nitrogens with one attached hydrogen (secondary N) is 1. The Labute approximate surface area is 161 Å². The van der Waals surface area contributed by atoms with Gasteiger partial charge in [0.25, 0.3) is 0 Å². The van der Waals surface area contributed by atoms with Crippen molar-refractivity contribution in [1.29, 1.82) is 0 Å². The molecule has 1 aliphatic rings. The van der Waals surface area contributed by atoms with Crippen LogP contribution in [0.4, 0.5) is 4.79 Å². The number of nitrogens with zero attached hydrogens (tertiary/aromatic N) is 3. The summed E-state index contributed by atoms with van der Waals surface area (Å²) in [6.45, 7) is 1.63. The van der Waals surface area contributed by atoms with Crippen LogP contribution in [0.3, 0.4) is 0 Å². The average molecular weight is 380 g/mol. The van der Waals surface area contributed by atoms with Gasteiger partial charge in [0.1, 0.15) is 12.6 Å². The molecule has 8 nitrogen and oxygen atoms in total. The van der Waals surface area contributed by atoms with Gasteiger partial charge in [0, 0.05) is 17.4 Å². The number of carbonyl (C=O) groups is 2. The van der Waals surface area contributed by atoms with E-state index in [9.17, 15) is 14.7 Å². The Morgan fingerprint density at radius 1 is 1.18 bits per heavy atom. The van der Waals surface area contributed by atoms with E-state index in [0.717, 1.165) is 22.3 Å². The molecular formula is C20H20N4O4. The Morgan fingerprint density at radius 2 is 1.75 bits per heavy atom. The number of amides is 1. The van der Waals surface area contributed by atoms with Crippen LogP contribution in [0.2, 0.25) is 0 Å². The van der Waals surface area contributed by atoms with Crippen LogP contribution in [0.25, 0.3) is 21.6 Å². The molecule has 0 spiro atoms. The lowest BCUT2D eigenvalue weighted by atomic mass is 9.98. The predicted molar refractivity (Wildman–Crippen MR) is 103 cm³/mol. The summed E-state index contributed by atoms with van der Waals surface area (Å²) in [5, 5.41) is 15.0. The summed E-state index contributed by atoms with van der Waals surface area (Å²) in [7, 11) is 0. The molecule has 3 rings (SSSR count). The molecule has 1 aliphatic carbocycles. The maximum absolute atomic E-state index is 12.2. The first-order valence-corrected chi connectivity index (χ1v) is 8.88. The van der Waals surface area contributed by atoms with Crippen molar-refractivity contribution < 1.29 is 19.4 Å².